The van der Waals surface area contributed by atoms with Crippen LogP contribution in [0.2, 0.25) is 0 Å². The van der Waals surface area contributed by atoms with Crippen LogP contribution in [0.4, 0.5) is 5.69 Å². The zero-order chi connectivity index (χ0) is 14.4. The number of anilines is 1. The first-order valence-corrected chi connectivity index (χ1v) is 7.63. The summed E-state index contributed by atoms with van der Waals surface area (Å²) < 4.78 is 5.37. The van der Waals surface area contributed by atoms with Crippen molar-refractivity contribution in [1.29, 1.82) is 0 Å². The molecule has 4 rings (SSSR count). The molecule has 1 unspecified atom stereocenters. The average Bonchev–Trinajstić information content (AvgIpc) is 2.83. The number of nitrogens with two attached hydrogens (primary N) is 1. The normalized spacial score (nSPS) is 19.2. The first-order chi connectivity index (χ1) is 10.3. The zero-order valence-electron chi connectivity index (χ0n) is 11.6. The predicted molar refractivity (Wildman–Crippen MR) is 85.3 cm³/mol. The van der Waals surface area contributed by atoms with Crippen LogP contribution in [0.5, 0.6) is 5.75 Å². The quantitative estimate of drug-likeness (QED) is 0.879. The Morgan fingerprint density at radius 3 is 2.95 bits per heavy atom. The fourth-order valence-electron chi connectivity index (χ4n) is 2.89. The number of rotatable bonds is 1. The maximum atomic E-state index is 6.15. The van der Waals surface area contributed by atoms with Gasteiger partial charge in [-0.15, -0.1) is 0 Å². The van der Waals surface area contributed by atoms with Gasteiger partial charge in [-0.3, -0.25) is 4.99 Å². The van der Waals surface area contributed by atoms with Gasteiger partial charge in [-0.2, -0.15) is 0 Å². The van der Waals surface area contributed by atoms with Crippen LogP contribution in [-0.4, -0.2) is 19.6 Å². The summed E-state index contributed by atoms with van der Waals surface area (Å²) in [5, 5.41) is 0. The van der Waals surface area contributed by atoms with E-state index in [1.165, 1.54) is 15.4 Å². The predicted octanol–water partition coefficient (Wildman–Crippen LogP) is 3.04. The van der Waals surface area contributed by atoms with Crippen LogP contribution in [0.25, 0.3) is 0 Å². The number of ether oxygens (including phenoxy) is 1. The van der Waals surface area contributed by atoms with Crippen LogP contribution in [-0.2, 0) is 0 Å². The molecule has 0 saturated heterocycles. The Bertz CT molecular complexity index is 744. The van der Waals surface area contributed by atoms with Crippen molar-refractivity contribution in [1.82, 2.24) is 0 Å². The number of hydrogen-bond acceptors (Lipinski definition) is 5. The Labute approximate surface area is 127 Å². The van der Waals surface area contributed by atoms with E-state index < -0.39 is 0 Å². The van der Waals surface area contributed by atoms with Gasteiger partial charge >= 0.3 is 0 Å². The maximum Gasteiger partial charge on any atom is 0.196 e. The van der Waals surface area contributed by atoms with Gasteiger partial charge < -0.3 is 15.4 Å². The molecule has 21 heavy (non-hydrogen) atoms. The molecule has 1 atom stereocenters. The first kappa shape index (κ1) is 12.6. The third kappa shape index (κ3) is 1.88. The molecule has 5 heteroatoms. The third-order valence-electron chi connectivity index (χ3n) is 3.91. The average molecular weight is 297 g/mol. The first-order valence-electron chi connectivity index (χ1n) is 6.82. The van der Waals surface area contributed by atoms with E-state index in [1.807, 2.05) is 12.1 Å². The highest BCUT2D eigenvalue weighted by Crippen LogP contribution is 2.47. The van der Waals surface area contributed by atoms with Crippen LogP contribution in [0.3, 0.4) is 0 Å². The molecule has 2 aliphatic rings. The summed E-state index contributed by atoms with van der Waals surface area (Å²) in [7, 11) is 1.68. The maximum absolute atomic E-state index is 6.15. The second-order valence-corrected chi connectivity index (χ2v) is 6.14. The van der Waals surface area contributed by atoms with Gasteiger partial charge in [0.1, 0.15) is 5.75 Å². The van der Waals surface area contributed by atoms with Crippen molar-refractivity contribution in [2.45, 2.75) is 15.8 Å². The van der Waals surface area contributed by atoms with Crippen molar-refractivity contribution in [3.8, 4) is 5.75 Å². The van der Waals surface area contributed by atoms with E-state index in [0.29, 0.717) is 12.5 Å². The summed E-state index contributed by atoms with van der Waals surface area (Å²) in [5.41, 5.74) is 8.50. The standard InChI is InChI=1S/C16H15N3OS/c1-20-10-6-7-15-12(8-10)19-13(9-18-16(19)17)11-4-2-3-5-14(11)21-15/h2-8,13H,9H2,1H3,(H2,17,18). The molecular weight excluding hydrogens is 282 g/mol. The van der Waals surface area contributed by atoms with Crippen LogP contribution in [0.1, 0.15) is 11.6 Å². The SMILES string of the molecule is COc1ccc2c(c1)N1C(N)=NCC1c1ccccc1S2. The molecule has 106 valence electrons. The highest BCUT2D eigenvalue weighted by molar-refractivity contribution is 7.99. The van der Waals surface area contributed by atoms with E-state index in [2.05, 4.69) is 40.2 Å². The second kappa shape index (κ2) is 4.70. The smallest absolute Gasteiger partial charge is 0.196 e. The largest absolute Gasteiger partial charge is 0.497 e. The Balaban J connectivity index is 1.95. The lowest BCUT2D eigenvalue weighted by molar-refractivity contribution is 0.414. The minimum Gasteiger partial charge on any atom is -0.497 e. The molecule has 2 aromatic rings. The number of benzene rings is 2. The summed E-state index contributed by atoms with van der Waals surface area (Å²) in [6, 6.07) is 14.7. The summed E-state index contributed by atoms with van der Waals surface area (Å²) in [6.45, 7) is 0.695. The zero-order valence-corrected chi connectivity index (χ0v) is 12.4. The molecule has 0 fully saturated rings. The molecule has 0 radical (unpaired) electrons. The molecule has 0 aliphatic carbocycles. The minimum absolute atomic E-state index is 0.169. The molecule has 0 spiro atoms. The topological polar surface area (TPSA) is 50.9 Å². The van der Waals surface area contributed by atoms with Crippen LogP contribution in [0.15, 0.2) is 57.2 Å². The van der Waals surface area contributed by atoms with Crippen LogP contribution < -0.4 is 15.4 Å². The fourth-order valence-corrected chi connectivity index (χ4v) is 4.00. The Morgan fingerprint density at radius 2 is 2.10 bits per heavy atom. The number of nitrogens with zero attached hydrogens (tertiary/aromatic N) is 2. The van der Waals surface area contributed by atoms with Gasteiger partial charge in [0.2, 0.25) is 0 Å². The van der Waals surface area contributed by atoms with Crippen molar-refractivity contribution in [2.75, 3.05) is 18.6 Å². The number of methoxy groups -OCH3 is 1. The number of aliphatic imine (C=N–C) groups is 1. The van der Waals surface area contributed by atoms with E-state index in [-0.39, 0.29) is 6.04 Å². The van der Waals surface area contributed by atoms with Crippen LogP contribution >= 0.6 is 11.8 Å². The van der Waals surface area contributed by atoms with Gasteiger partial charge in [0.15, 0.2) is 5.96 Å². The van der Waals surface area contributed by atoms with Gasteiger partial charge in [-0.1, -0.05) is 30.0 Å². The fraction of sp³-hybridized carbons (Fsp3) is 0.188. The van der Waals surface area contributed by atoms with E-state index in [1.54, 1.807) is 18.9 Å². The molecule has 2 N–H and O–H groups in total. The highest BCUT2D eigenvalue weighted by Gasteiger charge is 2.34. The summed E-state index contributed by atoms with van der Waals surface area (Å²) in [5.74, 6) is 1.41. The summed E-state index contributed by atoms with van der Waals surface area (Å²) in [6.07, 6.45) is 0. The van der Waals surface area contributed by atoms with E-state index in [0.717, 1.165) is 11.4 Å². The summed E-state index contributed by atoms with van der Waals surface area (Å²) in [4.78, 5) is 9.00. The van der Waals surface area contributed by atoms with Crippen molar-refractivity contribution in [3.63, 3.8) is 0 Å². The molecular formula is C16H15N3OS. The van der Waals surface area contributed by atoms with Crippen molar-refractivity contribution < 1.29 is 4.74 Å². The second-order valence-electron chi connectivity index (χ2n) is 5.06. The lowest BCUT2D eigenvalue weighted by Crippen LogP contribution is -2.36. The Morgan fingerprint density at radius 1 is 1.24 bits per heavy atom. The molecule has 2 heterocycles. The third-order valence-corrected chi connectivity index (χ3v) is 5.07. The van der Waals surface area contributed by atoms with Crippen molar-refractivity contribution in [3.05, 3.63) is 48.0 Å². The van der Waals surface area contributed by atoms with Gasteiger partial charge in [0.05, 0.1) is 25.4 Å². The van der Waals surface area contributed by atoms with Crippen molar-refractivity contribution in [2.24, 2.45) is 10.7 Å². The van der Waals surface area contributed by atoms with E-state index in [4.69, 9.17) is 10.5 Å². The van der Waals surface area contributed by atoms with Crippen LogP contribution in [0, 0.1) is 0 Å². The van der Waals surface area contributed by atoms with E-state index >= 15 is 0 Å². The van der Waals surface area contributed by atoms with Crippen molar-refractivity contribution >= 4 is 23.4 Å². The monoisotopic (exact) mass is 297 g/mol. The van der Waals surface area contributed by atoms with Gasteiger partial charge in [-0.05, 0) is 23.8 Å². The molecule has 0 amide bonds. The molecule has 0 bridgehead atoms. The number of guanidine groups is 1. The summed E-state index contributed by atoms with van der Waals surface area (Å²) >= 11 is 1.77. The number of fused-ring (bicyclic) bond motifs is 5. The molecule has 4 nitrogen and oxygen atoms in total. The highest BCUT2D eigenvalue weighted by atomic mass is 32.2. The molecule has 2 aliphatic heterocycles. The molecule has 0 aromatic heterocycles. The van der Waals surface area contributed by atoms with Gasteiger partial charge in [-0.25, -0.2) is 0 Å². The molecule has 0 saturated carbocycles. The lowest BCUT2D eigenvalue weighted by Gasteiger charge is -2.26. The number of hydrogen-bond donors (Lipinski definition) is 1. The van der Waals surface area contributed by atoms with Gasteiger partial charge in [0, 0.05) is 15.9 Å². The minimum atomic E-state index is 0.169. The molecule has 2 aromatic carbocycles. The van der Waals surface area contributed by atoms with E-state index in [9.17, 15) is 0 Å². The Hall–Kier alpha value is -2.14. The Kier molecular flexibility index (Phi) is 2.82. The van der Waals surface area contributed by atoms with Gasteiger partial charge in [0.25, 0.3) is 0 Å². The lowest BCUT2D eigenvalue weighted by atomic mass is 10.1.